The lowest BCUT2D eigenvalue weighted by atomic mass is 10.1. The maximum Gasteiger partial charge on any atom is 0.241 e. The maximum absolute atomic E-state index is 11.8. The summed E-state index contributed by atoms with van der Waals surface area (Å²) in [6.45, 7) is 3.80. The van der Waals surface area contributed by atoms with Crippen LogP contribution in [0.4, 0.5) is 5.69 Å². The molecule has 20 heavy (non-hydrogen) atoms. The monoisotopic (exact) mass is 273 g/mol. The van der Waals surface area contributed by atoms with Gasteiger partial charge in [-0.3, -0.25) is 4.79 Å². The summed E-state index contributed by atoms with van der Waals surface area (Å²) in [7, 11) is 0. The first-order valence-corrected chi connectivity index (χ1v) is 6.69. The van der Waals surface area contributed by atoms with E-state index < -0.39 is 6.04 Å². The Balaban J connectivity index is 2.03. The summed E-state index contributed by atoms with van der Waals surface area (Å²) in [4.78, 5) is 15.9. The first-order chi connectivity index (χ1) is 9.60. The molecule has 2 rings (SSSR count). The highest BCUT2D eigenvalue weighted by atomic mass is 16.4. The SMILES string of the molecule is CCCC(N)C(=O)Nc1ccc(-c2cnc(C)o2)cc1. The van der Waals surface area contributed by atoms with Gasteiger partial charge in [-0.1, -0.05) is 13.3 Å². The summed E-state index contributed by atoms with van der Waals surface area (Å²) >= 11 is 0. The van der Waals surface area contributed by atoms with Crippen LogP contribution in [0.5, 0.6) is 0 Å². The molecule has 1 aromatic carbocycles. The van der Waals surface area contributed by atoms with Gasteiger partial charge in [0.25, 0.3) is 0 Å². The van der Waals surface area contributed by atoms with Crippen molar-refractivity contribution in [2.45, 2.75) is 32.7 Å². The highest BCUT2D eigenvalue weighted by Crippen LogP contribution is 2.22. The fraction of sp³-hybridized carbons (Fsp3) is 0.333. The fourth-order valence-electron chi connectivity index (χ4n) is 1.89. The van der Waals surface area contributed by atoms with E-state index in [1.54, 1.807) is 13.1 Å². The van der Waals surface area contributed by atoms with Crippen molar-refractivity contribution in [2.75, 3.05) is 5.32 Å². The van der Waals surface area contributed by atoms with E-state index in [4.69, 9.17) is 10.2 Å². The van der Waals surface area contributed by atoms with Crippen molar-refractivity contribution < 1.29 is 9.21 Å². The number of hydrogen-bond acceptors (Lipinski definition) is 4. The van der Waals surface area contributed by atoms with Crippen LogP contribution in [-0.4, -0.2) is 16.9 Å². The Labute approximate surface area is 118 Å². The number of aryl methyl sites for hydroxylation is 1. The van der Waals surface area contributed by atoms with E-state index in [2.05, 4.69) is 10.3 Å². The summed E-state index contributed by atoms with van der Waals surface area (Å²) in [5, 5.41) is 2.80. The molecule has 0 aliphatic carbocycles. The van der Waals surface area contributed by atoms with Gasteiger partial charge in [-0.05, 0) is 30.7 Å². The van der Waals surface area contributed by atoms with Gasteiger partial charge in [0.05, 0.1) is 12.2 Å². The molecule has 0 bridgehead atoms. The smallest absolute Gasteiger partial charge is 0.241 e. The molecule has 1 unspecified atom stereocenters. The predicted octanol–water partition coefficient (Wildman–Crippen LogP) is 2.72. The van der Waals surface area contributed by atoms with Crippen molar-refractivity contribution in [1.29, 1.82) is 0 Å². The molecule has 1 atom stereocenters. The van der Waals surface area contributed by atoms with Crippen molar-refractivity contribution in [3.63, 3.8) is 0 Å². The molecule has 1 amide bonds. The van der Waals surface area contributed by atoms with Gasteiger partial charge in [0, 0.05) is 18.2 Å². The van der Waals surface area contributed by atoms with Gasteiger partial charge in [0.1, 0.15) is 0 Å². The van der Waals surface area contributed by atoms with Crippen molar-refractivity contribution in [1.82, 2.24) is 4.98 Å². The second kappa shape index (κ2) is 6.34. The quantitative estimate of drug-likeness (QED) is 0.877. The first kappa shape index (κ1) is 14.3. The summed E-state index contributed by atoms with van der Waals surface area (Å²) in [5.41, 5.74) is 7.41. The van der Waals surface area contributed by atoms with Crippen molar-refractivity contribution in [2.24, 2.45) is 5.73 Å². The molecule has 0 spiro atoms. The second-order valence-electron chi connectivity index (χ2n) is 4.71. The lowest BCUT2D eigenvalue weighted by molar-refractivity contribution is -0.117. The third-order valence-corrected chi connectivity index (χ3v) is 2.99. The van der Waals surface area contributed by atoms with E-state index in [0.717, 1.165) is 17.7 Å². The average molecular weight is 273 g/mol. The molecule has 0 saturated heterocycles. The molecule has 3 N–H and O–H groups in total. The minimum Gasteiger partial charge on any atom is -0.441 e. The Bertz CT molecular complexity index is 575. The Hall–Kier alpha value is -2.14. The predicted molar refractivity (Wildman–Crippen MR) is 78.2 cm³/mol. The molecule has 106 valence electrons. The highest BCUT2D eigenvalue weighted by Gasteiger charge is 2.12. The number of nitrogens with zero attached hydrogens (tertiary/aromatic N) is 1. The Morgan fingerprint density at radius 3 is 2.65 bits per heavy atom. The van der Waals surface area contributed by atoms with Crippen LogP contribution in [0.25, 0.3) is 11.3 Å². The number of benzene rings is 1. The van der Waals surface area contributed by atoms with Crippen LogP contribution in [0.2, 0.25) is 0 Å². The molecule has 2 aromatic rings. The second-order valence-corrected chi connectivity index (χ2v) is 4.71. The van der Waals surface area contributed by atoms with Crippen LogP contribution in [0.3, 0.4) is 0 Å². The van der Waals surface area contributed by atoms with Gasteiger partial charge in [0.15, 0.2) is 11.7 Å². The minimum absolute atomic E-state index is 0.157. The van der Waals surface area contributed by atoms with Crippen LogP contribution in [-0.2, 0) is 4.79 Å². The topological polar surface area (TPSA) is 81.2 Å². The molecule has 5 heteroatoms. The number of hydrogen-bond donors (Lipinski definition) is 2. The number of oxazole rings is 1. The van der Waals surface area contributed by atoms with Crippen molar-refractivity contribution in [3.8, 4) is 11.3 Å². The Morgan fingerprint density at radius 2 is 2.10 bits per heavy atom. The normalized spacial score (nSPS) is 12.2. The number of anilines is 1. The summed E-state index contributed by atoms with van der Waals surface area (Å²) in [5.74, 6) is 1.18. The minimum atomic E-state index is -0.461. The van der Waals surface area contributed by atoms with Crippen molar-refractivity contribution >= 4 is 11.6 Å². The van der Waals surface area contributed by atoms with E-state index in [1.807, 2.05) is 31.2 Å². The zero-order valence-electron chi connectivity index (χ0n) is 11.7. The molecule has 0 fully saturated rings. The van der Waals surface area contributed by atoms with E-state index in [9.17, 15) is 4.79 Å². The number of nitrogens with two attached hydrogens (primary N) is 1. The molecule has 0 radical (unpaired) electrons. The van der Waals surface area contributed by atoms with Crippen LogP contribution in [0, 0.1) is 6.92 Å². The summed E-state index contributed by atoms with van der Waals surface area (Å²) in [6.07, 6.45) is 3.25. The van der Waals surface area contributed by atoms with Crippen molar-refractivity contribution in [3.05, 3.63) is 36.4 Å². The van der Waals surface area contributed by atoms with E-state index in [0.29, 0.717) is 18.1 Å². The standard InChI is InChI=1S/C15H19N3O2/c1-3-4-13(16)15(19)18-12-7-5-11(6-8-12)14-9-17-10(2)20-14/h5-9,13H,3-4,16H2,1-2H3,(H,18,19). The number of carbonyl (C=O) groups is 1. The van der Waals surface area contributed by atoms with Gasteiger partial charge in [0.2, 0.25) is 5.91 Å². The van der Waals surface area contributed by atoms with Crippen LogP contribution in [0.15, 0.2) is 34.9 Å². The zero-order chi connectivity index (χ0) is 14.5. The lowest BCUT2D eigenvalue weighted by Gasteiger charge is -2.11. The lowest BCUT2D eigenvalue weighted by Crippen LogP contribution is -2.35. The molecule has 0 aliphatic heterocycles. The van der Waals surface area contributed by atoms with Crippen LogP contribution in [0.1, 0.15) is 25.7 Å². The maximum atomic E-state index is 11.8. The zero-order valence-corrected chi connectivity index (χ0v) is 11.7. The van der Waals surface area contributed by atoms with E-state index in [-0.39, 0.29) is 5.91 Å². The average Bonchev–Trinajstić information content (AvgIpc) is 2.86. The number of nitrogens with one attached hydrogen (secondary N) is 1. The molecule has 1 aromatic heterocycles. The highest BCUT2D eigenvalue weighted by molar-refractivity contribution is 5.94. The molecular formula is C15H19N3O2. The van der Waals surface area contributed by atoms with E-state index >= 15 is 0 Å². The van der Waals surface area contributed by atoms with Crippen LogP contribution < -0.4 is 11.1 Å². The van der Waals surface area contributed by atoms with Gasteiger partial charge in [-0.2, -0.15) is 0 Å². The summed E-state index contributed by atoms with van der Waals surface area (Å²) in [6, 6.07) is 6.94. The molecule has 1 heterocycles. The van der Waals surface area contributed by atoms with Crippen LogP contribution >= 0.6 is 0 Å². The number of rotatable bonds is 5. The van der Waals surface area contributed by atoms with Gasteiger partial charge < -0.3 is 15.5 Å². The first-order valence-electron chi connectivity index (χ1n) is 6.69. The Morgan fingerprint density at radius 1 is 1.40 bits per heavy atom. The third-order valence-electron chi connectivity index (χ3n) is 2.99. The van der Waals surface area contributed by atoms with Gasteiger partial charge >= 0.3 is 0 Å². The number of aromatic nitrogens is 1. The largest absolute Gasteiger partial charge is 0.441 e. The van der Waals surface area contributed by atoms with Gasteiger partial charge in [-0.15, -0.1) is 0 Å². The van der Waals surface area contributed by atoms with Gasteiger partial charge in [-0.25, -0.2) is 4.98 Å². The molecule has 0 aliphatic rings. The molecular weight excluding hydrogens is 254 g/mol. The fourth-order valence-corrected chi connectivity index (χ4v) is 1.89. The molecule has 0 saturated carbocycles. The van der Waals surface area contributed by atoms with E-state index in [1.165, 1.54) is 0 Å². The summed E-state index contributed by atoms with van der Waals surface area (Å²) < 4.78 is 5.44. The number of carbonyl (C=O) groups excluding carboxylic acids is 1. The third kappa shape index (κ3) is 3.45. The Kier molecular flexibility index (Phi) is 4.53. The number of amides is 1. The molecule has 5 nitrogen and oxygen atoms in total.